The van der Waals surface area contributed by atoms with Crippen molar-refractivity contribution in [2.75, 3.05) is 0 Å². The lowest BCUT2D eigenvalue weighted by atomic mass is 10.1. The molecule has 0 unspecified atom stereocenters. The van der Waals surface area contributed by atoms with Crippen LogP contribution in [-0.4, -0.2) is 22.3 Å². The minimum Gasteiger partial charge on any atom is -0.489 e. The summed E-state index contributed by atoms with van der Waals surface area (Å²) < 4.78 is 11.2. The van der Waals surface area contributed by atoms with Crippen molar-refractivity contribution in [3.8, 4) is 17.1 Å². The molecule has 0 bridgehead atoms. The van der Waals surface area contributed by atoms with Crippen molar-refractivity contribution in [3.05, 3.63) is 36.0 Å². The summed E-state index contributed by atoms with van der Waals surface area (Å²) in [5.74, 6) is 0.549. The van der Waals surface area contributed by atoms with Crippen LogP contribution in [0.4, 0.5) is 0 Å². The maximum Gasteiger partial charge on any atom is 0.358 e. The van der Waals surface area contributed by atoms with Gasteiger partial charge in [0.05, 0.1) is 5.56 Å². The molecule has 0 spiro atoms. The van der Waals surface area contributed by atoms with E-state index in [1.54, 1.807) is 0 Å². The number of hydrogen-bond acceptors (Lipinski definition) is 4. The highest BCUT2D eigenvalue weighted by Crippen LogP contribution is 2.35. The average molecular weight is 287 g/mol. The molecule has 3 rings (SSSR count). The van der Waals surface area contributed by atoms with Crippen LogP contribution >= 0.6 is 0 Å². The molecule has 5 heteroatoms. The predicted molar refractivity (Wildman–Crippen MR) is 76.3 cm³/mol. The van der Waals surface area contributed by atoms with Gasteiger partial charge < -0.3 is 14.4 Å². The van der Waals surface area contributed by atoms with E-state index in [0.717, 1.165) is 12.0 Å². The molecular formula is C16H17NO4. The number of nitrogens with zero attached hydrogens (tertiary/aromatic N) is 1. The van der Waals surface area contributed by atoms with Crippen molar-refractivity contribution in [1.29, 1.82) is 0 Å². The molecule has 0 saturated heterocycles. The molecule has 1 saturated carbocycles. The second-order valence-electron chi connectivity index (χ2n) is 5.44. The van der Waals surface area contributed by atoms with E-state index in [2.05, 4.69) is 12.1 Å². The summed E-state index contributed by atoms with van der Waals surface area (Å²) in [5.41, 5.74) is 0.630. The van der Waals surface area contributed by atoms with Gasteiger partial charge in [0.1, 0.15) is 11.9 Å². The van der Waals surface area contributed by atoms with Crippen LogP contribution in [0.5, 0.6) is 5.75 Å². The summed E-state index contributed by atoms with van der Waals surface area (Å²) in [6, 6.07) is 8.91. The van der Waals surface area contributed by atoms with Gasteiger partial charge in [-0.25, -0.2) is 4.79 Å². The normalized spacial score (nSPS) is 21.4. The van der Waals surface area contributed by atoms with Gasteiger partial charge in [0.25, 0.3) is 0 Å². The first-order valence-corrected chi connectivity index (χ1v) is 7.11. The first-order valence-electron chi connectivity index (χ1n) is 7.11. The molecule has 1 heterocycles. The van der Waals surface area contributed by atoms with Crippen LogP contribution in [0.15, 0.2) is 34.9 Å². The molecule has 2 aromatic rings. The van der Waals surface area contributed by atoms with Crippen LogP contribution in [0.3, 0.4) is 0 Å². The Morgan fingerprint density at radius 3 is 2.86 bits per heavy atom. The lowest BCUT2D eigenvalue weighted by molar-refractivity contribution is 0.0686. The van der Waals surface area contributed by atoms with Gasteiger partial charge in [-0.15, -0.1) is 0 Å². The van der Waals surface area contributed by atoms with E-state index < -0.39 is 5.97 Å². The largest absolute Gasteiger partial charge is 0.489 e. The first-order chi connectivity index (χ1) is 10.1. The van der Waals surface area contributed by atoms with Gasteiger partial charge in [-0.05, 0) is 37.3 Å². The Balaban J connectivity index is 1.89. The van der Waals surface area contributed by atoms with E-state index >= 15 is 0 Å². The van der Waals surface area contributed by atoms with Gasteiger partial charge in [0, 0.05) is 6.07 Å². The quantitative estimate of drug-likeness (QED) is 0.930. The number of aromatic nitrogens is 1. The zero-order chi connectivity index (χ0) is 14.8. The molecule has 0 amide bonds. The average Bonchev–Trinajstić information content (AvgIpc) is 3.10. The number of hydrogen-bond donors (Lipinski definition) is 1. The second-order valence-corrected chi connectivity index (χ2v) is 5.44. The van der Waals surface area contributed by atoms with Crippen molar-refractivity contribution in [2.45, 2.75) is 32.3 Å². The third kappa shape index (κ3) is 2.77. The highest BCUT2D eigenvalue weighted by Gasteiger charge is 2.26. The number of rotatable bonds is 4. The smallest absolute Gasteiger partial charge is 0.358 e. The zero-order valence-electron chi connectivity index (χ0n) is 11.8. The summed E-state index contributed by atoms with van der Waals surface area (Å²) in [5, 5.41) is 12.5. The van der Waals surface area contributed by atoms with Crippen molar-refractivity contribution in [1.82, 2.24) is 5.16 Å². The summed E-state index contributed by atoms with van der Waals surface area (Å²) in [6.45, 7) is 2.19. The van der Waals surface area contributed by atoms with E-state index in [-0.39, 0.29) is 11.8 Å². The van der Waals surface area contributed by atoms with Gasteiger partial charge in [0.15, 0.2) is 11.5 Å². The van der Waals surface area contributed by atoms with E-state index in [0.29, 0.717) is 17.4 Å². The fourth-order valence-corrected chi connectivity index (χ4v) is 2.73. The van der Waals surface area contributed by atoms with Crippen molar-refractivity contribution in [3.63, 3.8) is 0 Å². The molecule has 1 aromatic carbocycles. The third-order valence-corrected chi connectivity index (χ3v) is 3.94. The number of ether oxygens (including phenoxy) is 1. The summed E-state index contributed by atoms with van der Waals surface area (Å²) >= 11 is 0. The Morgan fingerprint density at radius 2 is 2.19 bits per heavy atom. The van der Waals surface area contributed by atoms with Gasteiger partial charge in [-0.2, -0.15) is 0 Å². The molecule has 1 N–H and O–H groups in total. The monoisotopic (exact) mass is 287 g/mol. The topological polar surface area (TPSA) is 72.6 Å². The standard InChI is InChI=1S/C16H17NO4/c1-10-5-4-8-13(10)20-14-7-3-2-6-11(14)15-9-12(16(18)19)17-21-15/h2-3,6-7,9-10,13H,4-5,8H2,1H3,(H,18,19)/t10-,13+/m1/s1. The number of carboxylic acids is 1. The van der Waals surface area contributed by atoms with Crippen molar-refractivity contribution in [2.24, 2.45) is 5.92 Å². The van der Waals surface area contributed by atoms with E-state index in [4.69, 9.17) is 14.4 Å². The molecule has 0 aliphatic heterocycles. The van der Waals surface area contributed by atoms with Gasteiger partial charge in [0.2, 0.25) is 0 Å². The van der Waals surface area contributed by atoms with Crippen LogP contribution in [-0.2, 0) is 0 Å². The molecule has 1 fully saturated rings. The molecule has 0 radical (unpaired) electrons. The molecule has 1 aromatic heterocycles. The van der Waals surface area contributed by atoms with Crippen LogP contribution in [0.2, 0.25) is 0 Å². The number of para-hydroxylation sites is 1. The predicted octanol–water partition coefficient (Wildman–Crippen LogP) is 3.61. The molecule has 1 aliphatic carbocycles. The van der Waals surface area contributed by atoms with Gasteiger partial charge in [-0.1, -0.05) is 24.2 Å². The molecule has 2 atom stereocenters. The SMILES string of the molecule is C[C@@H]1CCC[C@@H]1Oc1ccccc1-c1cc(C(=O)O)no1. The van der Waals surface area contributed by atoms with Crippen molar-refractivity contribution < 1.29 is 19.2 Å². The highest BCUT2D eigenvalue weighted by atomic mass is 16.5. The Kier molecular flexibility index (Phi) is 3.64. The summed E-state index contributed by atoms with van der Waals surface area (Å²) in [6.07, 6.45) is 3.61. The van der Waals surface area contributed by atoms with Crippen LogP contribution < -0.4 is 4.74 Å². The van der Waals surface area contributed by atoms with E-state index in [1.165, 1.54) is 18.9 Å². The number of carboxylic acid groups (broad SMARTS) is 1. The minimum absolute atomic E-state index is 0.103. The van der Waals surface area contributed by atoms with E-state index in [9.17, 15) is 4.79 Å². The van der Waals surface area contributed by atoms with Crippen LogP contribution in [0.1, 0.15) is 36.7 Å². The second kappa shape index (κ2) is 5.60. The molecule has 1 aliphatic rings. The highest BCUT2D eigenvalue weighted by molar-refractivity contribution is 5.86. The molecular weight excluding hydrogens is 270 g/mol. The first kappa shape index (κ1) is 13.7. The Bertz CT molecular complexity index is 649. The number of benzene rings is 1. The zero-order valence-corrected chi connectivity index (χ0v) is 11.8. The molecule has 5 nitrogen and oxygen atoms in total. The Morgan fingerprint density at radius 1 is 1.38 bits per heavy atom. The van der Waals surface area contributed by atoms with Crippen LogP contribution in [0.25, 0.3) is 11.3 Å². The lowest BCUT2D eigenvalue weighted by Crippen LogP contribution is -2.19. The van der Waals surface area contributed by atoms with Gasteiger partial charge in [-0.3, -0.25) is 0 Å². The van der Waals surface area contributed by atoms with Gasteiger partial charge >= 0.3 is 5.97 Å². The van der Waals surface area contributed by atoms with Crippen molar-refractivity contribution >= 4 is 5.97 Å². The summed E-state index contributed by atoms with van der Waals surface area (Å²) in [7, 11) is 0. The fourth-order valence-electron chi connectivity index (χ4n) is 2.73. The maximum absolute atomic E-state index is 10.9. The lowest BCUT2D eigenvalue weighted by Gasteiger charge is -2.19. The maximum atomic E-state index is 10.9. The number of aromatic carboxylic acids is 1. The Hall–Kier alpha value is -2.30. The Labute approximate surface area is 122 Å². The third-order valence-electron chi connectivity index (χ3n) is 3.94. The summed E-state index contributed by atoms with van der Waals surface area (Å²) in [4.78, 5) is 10.9. The molecule has 110 valence electrons. The van der Waals surface area contributed by atoms with Crippen LogP contribution in [0, 0.1) is 5.92 Å². The number of carbonyl (C=O) groups is 1. The van der Waals surface area contributed by atoms with E-state index in [1.807, 2.05) is 24.3 Å². The molecule has 21 heavy (non-hydrogen) atoms. The minimum atomic E-state index is -1.10. The fraction of sp³-hybridized carbons (Fsp3) is 0.375.